The largest absolute Gasteiger partial charge is 0.378 e. The Labute approximate surface area is 110 Å². The lowest BCUT2D eigenvalue weighted by molar-refractivity contribution is -0.121. The maximum absolute atomic E-state index is 11.5. The summed E-state index contributed by atoms with van der Waals surface area (Å²) in [5, 5.41) is 6.02. The van der Waals surface area contributed by atoms with E-state index in [4.69, 9.17) is 4.74 Å². The number of ether oxygens (including phenoxy) is 1. The van der Waals surface area contributed by atoms with E-state index in [-0.39, 0.29) is 11.4 Å². The molecule has 1 aliphatic heterocycles. The number of carbonyl (C=O) groups is 1. The van der Waals surface area contributed by atoms with Crippen LogP contribution < -0.4 is 10.6 Å². The average molecular weight is 257 g/mol. The highest BCUT2D eigenvalue weighted by atomic mass is 16.5. The molecule has 1 aliphatic rings. The van der Waals surface area contributed by atoms with E-state index in [0.29, 0.717) is 6.42 Å². The summed E-state index contributed by atoms with van der Waals surface area (Å²) in [6.45, 7) is 9.38. The highest BCUT2D eigenvalue weighted by Gasteiger charge is 2.29. The first-order valence-corrected chi connectivity index (χ1v) is 6.80. The van der Waals surface area contributed by atoms with Crippen molar-refractivity contribution in [3.05, 3.63) is 0 Å². The molecular formula is C13H27N3O2. The van der Waals surface area contributed by atoms with Gasteiger partial charge in [0.25, 0.3) is 0 Å². The number of carbonyl (C=O) groups excluding carboxylic acids is 1. The van der Waals surface area contributed by atoms with Gasteiger partial charge in [-0.3, -0.25) is 9.69 Å². The van der Waals surface area contributed by atoms with Gasteiger partial charge in [0, 0.05) is 31.6 Å². The normalized spacial score (nSPS) is 19.7. The Hall–Kier alpha value is -0.650. The van der Waals surface area contributed by atoms with Gasteiger partial charge < -0.3 is 15.4 Å². The maximum atomic E-state index is 11.5. The molecule has 1 saturated heterocycles. The molecule has 0 spiro atoms. The van der Waals surface area contributed by atoms with Crippen LogP contribution in [0.2, 0.25) is 0 Å². The zero-order valence-corrected chi connectivity index (χ0v) is 11.9. The smallest absolute Gasteiger partial charge is 0.220 e. The van der Waals surface area contributed by atoms with Crippen molar-refractivity contribution < 1.29 is 9.53 Å². The SMILES string of the molecule is CNCCCC(=O)NCCN1CCOCC1(C)C. The summed E-state index contributed by atoms with van der Waals surface area (Å²) in [5.41, 5.74) is 0.0785. The summed E-state index contributed by atoms with van der Waals surface area (Å²) < 4.78 is 5.47. The molecule has 5 nitrogen and oxygen atoms in total. The van der Waals surface area contributed by atoms with Crippen LogP contribution in [0.3, 0.4) is 0 Å². The van der Waals surface area contributed by atoms with Crippen molar-refractivity contribution in [2.75, 3.05) is 46.4 Å². The summed E-state index contributed by atoms with van der Waals surface area (Å²) in [4.78, 5) is 13.9. The second-order valence-electron chi connectivity index (χ2n) is 5.41. The molecule has 1 heterocycles. The van der Waals surface area contributed by atoms with E-state index in [0.717, 1.165) is 45.8 Å². The van der Waals surface area contributed by atoms with E-state index < -0.39 is 0 Å². The van der Waals surface area contributed by atoms with Crippen LogP contribution in [0.15, 0.2) is 0 Å². The fourth-order valence-corrected chi connectivity index (χ4v) is 2.15. The third-order valence-corrected chi connectivity index (χ3v) is 3.35. The van der Waals surface area contributed by atoms with E-state index in [1.54, 1.807) is 0 Å². The lowest BCUT2D eigenvalue weighted by Gasteiger charge is -2.42. The summed E-state index contributed by atoms with van der Waals surface area (Å²) in [6, 6.07) is 0. The molecule has 0 radical (unpaired) electrons. The first-order valence-electron chi connectivity index (χ1n) is 6.80. The number of hydrogen-bond donors (Lipinski definition) is 2. The predicted octanol–water partition coefficient (Wildman–Crippen LogP) is 0.213. The third kappa shape index (κ3) is 5.33. The fourth-order valence-electron chi connectivity index (χ4n) is 2.15. The Kier molecular flexibility index (Phi) is 6.60. The van der Waals surface area contributed by atoms with Crippen LogP contribution in [0, 0.1) is 0 Å². The van der Waals surface area contributed by atoms with Crippen molar-refractivity contribution in [1.29, 1.82) is 0 Å². The van der Waals surface area contributed by atoms with Gasteiger partial charge in [-0.15, -0.1) is 0 Å². The van der Waals surface area contributed by atoms with Crippen molar-refractivity contribution >= 4 is 5.91 Å². The van der Waals surface area contributed by atoms with E-state index >= 15 is 0 Å². The number of amides is 1. The highest BCUT2D eigenvalue weighted by molar-refractivity contribution is 5.75. The van der Waals surface area contributed by atoms with Crippen LogP contribution in [0.25, 0.3) is 0 Å². The van der Waals surface area contributed by atoms with E-state index in [1.165, 1.54) is 0 Å². The minimum Gasteiger partial charge on any atom is -0.378 e. The second kappa shape index (κ2) is 7.71. The molecule has 0 aromatic rings. The first kappa shape index (κ1) is 15.4. The highest BCUT2D eigenvalue weighted by Crippen LogP contribution is 2.17. The van der Waals surface area contributed by atoms with Gasteiger partial charge >= 0.3 is 0 Å². The van der Waals surface area contributed by atoms with Gasteiger partial charge in [0.05, 0.1) is 13.2 Å². The number of nitrogens with zero attached hydrogens (tertiary/aromatic N) is 1. The number of nitrogens with one attached hydrogen (secondary N) is 2. The lowest BCUT2D eigenvalue weighted by atomic mass is 10.0. The average Bonchev–Trinajstić information content (AvgIpc) is 2.31. The number of morpholine rings is 1. The zero-order valence-electron chi connectivity index (χ0n) is 11.9. The molecule has 106 valence electrons. The maximum Gasteiger partial charge on any atom is 0.220 e. The van der Waals surface area contributed by atoms with Crippen LogP contribution >= 0.6 is 0 Å². The van der Waals surface area contributed by atoms with Gasteiger partial charge in [0.2, 0.25) is 5.91 Å². The Morgan fingerprint density at radius 1 is 1.39 bits per heavy atom. The standard InChI is InChI=1S/C13H27N3O2/c1-13(2)11-18-10-9-16(13)8-7-15-12(17)5-4-6-14-3/h14H,4-11H2,1-3H3,(H,15,17). The van der Waals surface area contributed by atoms with Crippen LogP contribution in [0.5, 0.6) is 0 Å². The fraction of sp³-hybridized carbons (Fsp3) is 0.923. The molecule has 18 heavy (non-hydrogen) atoms. The van der Waals surface area contributed by atoms with E-state index in [1.807, 2.05) is 7.05 Å². The van der Waals surface area contributed by atoms with Crippen LogP contribution in [-0.2, 0) is 9.53 Å². The minimum atomic E-state index is 0.0785. The van der Waals surface area contributed by atoms with Crippen LogP contribution in [-0.4, -0.2) is 62.8 Å². The van der Waals surface area contributed by atoms with Gasteiger partial charge in [-0.05, 0) is 33.9 Å². The third-order valence-electron chi connectivity index (χ3n) is 3.35. The van der Waals surface area contributed by atoms with Crippen LogP contribution in [0.4, 0.5) is 0 Å². The summed E-state index contributed by atoms with van der Waals surface area (Å²) in [7, 11) is 1.90. The first-order chi connectivity index (χ1) is 8.56. The van der Waals surface area contributed by atoms with Crippen LogP contribution in [0.1, 0.15) is 26.7 Å². The van der Waals surface area contributed by atoms with Crippen molar-refractivity contribution in [2.45, 2.75) is 32.2 Å². The molecule has 0 bridgehead atoms. The topological polar surface area (TPSA) is 53.6 Å². The molecule has 1 amide bonds. The molecule has 1 fully saturated rings. The molecule has 5 heteroatoms. The van der Waals surface area contributed by atoms with Crippen molar-refractivity contribution in [3.63, 3.8) is 0 Å². The number of rotatable bonds is 7. The molecule has 0 aromatic carbocycles. The molecule has 0 unspecified atom stereocenters. The molecule has 0 saturated carbocycles. The number of hydrogen-bond acceptors (Lipinski definition) is 4. The van der Waals surface area contributed by atoms with Crippen molar-refractivity contribution in [2.24, 2.45) is 0 Å². The van der Waals surface area contributed by atoms with Gasteiger partial charge in [0.1, 0.15) is 0 Å². The lowest BCUT2D eigenvalue weighted by Crippen LogP contribution is -2.54. The molecule has 0 aromatic heterocycles. The summed E-state index contributed by atoms with van der Waals surface area (Å²) in [6.07, 6.45) is 1.50. The van der Waals surface area contributed by atoms with Gasteiger partial charge in [-0.2, -0.15) is 0 Å². The Morgan fingerprint density at radius 2 is 2.17 bits per heavy atom. The molecule has 2 N–H and O–H groups in total. The Morgan fingerprint density at radius 3 is 2.83 bits per heavy atom. The zero-order chi connectivity index (χ0) is 13.4. The van der Waals surface area contributed by atoms with E-state index in [2.05, 4.69) is 29.4 Å². The van der Waals surface area contributed by atoms with Crippen molar-refractivity contribution in [3.8, 4) is 0 Å². The Bertz CT molecular complexity index is 257. The minimum absolute atomic E-state index is 0.0785. The molecule has 0 atom stereocenters. The second-order valence-corrected chi connectivity index (χ2v) is 5.41. The van der Waals surface area contributed by atoms with Gasteiger partial charge in [0.15, 0.2) is 0 Å². The van der Waals surface area contributed by atoms with E-state index in [9.17, 15) is 4.79 Å². The molecular weight excluding hydrogens is 230 g/mol. The monoisotopic (exact) mass is 257 g/mol. The molecule has 1 rings (SSSR count). The summed E-state index contributed by atoms with van der Waals surface area (Å²) in [5.74, 6) is 0.149. The van der Waals surface area contributed by atoms with Gasteiger partial charge in [-0.25, -0.2) is 0 Å². The predicted molar refractivity (Wildman–Crippen MR) is 72.6 cm³/mol. The Balaban J connectivity index is 2.14. The summed E-state index contributed by atoms with van der Waals surface area (Å²) >= 11 is 0. The quantitative estimate of drug-likeness (QED) is 0.640. The van der Waals surface area contributed by atoms with Gasteiger partial charge in [-0.1, -0.05) is 0 Å². The van der Waals surface area contributed by atoms with Crippen molar-refractivity contribution in [1.82, 2.24) is 15.5 Å². The molecule has 0 aliphatic carbocycles.